The first kappa shape index (κ1) is 10.1. The quantitative estimate of drug-likeness (QED) is 0.723. The summed E-state index contributed by atoms with van der Waals surface area (Å²) in [6.07, 6.45) is 2.13. The first-order valence-corrected chi connectivity index (χ1v) is 5.40. The smallest absolute Gasteiger partial charge is 0.222 e. The maximum atomic E-state index is 10.3. The lowest BCUT2D eigenvalue weighted by molar-refractivity contribution is 0.619. The average Bonchev–Trinajstić information content (AvgIpc) is 2.08. The third-order valence-corrected chi connectivity index (χ3v) is 2.15. The highest BCUT2D eigenvalue weighted by Crippen LogP contribution is 2.10. The van der Waals surface area contributed by atoms with Gasteiger partial charge in [0.15, 0.2) is 0 Å². The summed E-state index contributed by atoms with van der Waals surface area (Å²) in [6.45, 7) is 2.11. The van der Waals surface area contributed by atoms with Gasteiger partial charge in [0.1, 0.15) is 0 Å². The molecule has 1 aromatic carbocycles. The van der Waals surface area contributed by atoms with Gasteiger partial charge in [0.25, 0.3) is 0 Å². The van der Waals surface area contributed by atoms with Crippen molar-refractivity contribution < 1.29 is 8.42 Å². The van der Waals surface area contributed by atoms with Crippen LogP contribution in [0.4, 0.5) is 5.69 Å². The summed E-state index contributed by atoms with van der Waals surface area (Å²) < 4.78 is 22.9. The number of rotatable bonds is 4. The molecule has 0 aliphatic heterocycles. The monoisotopic (exact) mass is 199 g/mol. The van der Waals surface area contributed by atoms with Crippen LogP contribution in [0, 0.1) is 0 Å². The summed E-state index contributed by atoms with van der Waals surface area (Å²) in [4.78, 5) is 0. The van der Waals surface area contributed by atoms with Crippen molar-refractivity contribution in [2.75, 3.05) is 4.72 Å². The Morgan fingerprint density at radius 2 is 1.85 bits per heavy atom. The molecule has 0 radical (unpaired) electrons. The van der Waals surface area contributed by atoms with Crippen molar-refractivity contribution in [3.63, 3.8) is 0 Å². The van der Waals surface area contributed by atoms with Gasteiger partial charge in [0.2, 0.25) is 10.9 Å². The Morgan fingerprint density at radius 1 is 1.23 bits per heavy atom. The van der Waals surface area contributed by atoms with E-state index in [4.69, 9.17) is 0 Å². The van der Waals surface area contributed by atoms with Crippen molar-refractivity contribution in [3.05, 3.63) is 29.8 Å². The van der Waals surface area contributed by atoms with E-state index in [9.17, 15) is 8.42 Å². The van der Waals surface area contributed by atoms with E-state index in [0.717, 1.165) is 12.8 Å². The highest BCUT2D eigenvalue weighted by Gasteiger charge is 1.93. The number of nitrogens with one attached hydrogen (secondary N) is 1. The van der Waals surface area contributed by atoms with Crippen LogP contribution in [-0.2, 0) is 17.3 Å². The zero-order valence-electron chi connectivity index (χ0n) is 7.49. The van der Waals surface area contributed by atoms with Gasteiger partial charge in [-0.1, -0.05) is 25.5 Å². The van der Waals surface area contributed by atoms with E-state index in [1.807, 2.05) is 12.1 Å². The molecule has 0 amide bonds. The molecule has 0 aliphatic rings. The molecule has 3 nitrogen and oxygen atoms in total. The van der Waals surface area contributed by atoms with Crippen LogP contribution in [-0.4, -0.2) is 8.42 Å². The van der Waals surface area contributed by atoms with E-state index in [2.05, 4.69) is 11.6 Å². The second kappa shape index (κ2) is 4.87. The summed E-state index contributed by atoms with van der Waals surface area (Å²) in [5, 5.41) is 0. The van der Waals surface area contributed by atoms with Gasteiger partial charge in [0.05, 0.1) is 0 Å². The fraction of sp³-hybridized carbons (Fsp3) is 0.333. The number of thiol groups is 1. The largest absolute Gasteiger partial charge is 0.286 e. The first-order chi connectivity index (χ1) is 6.22. The zero-order chi connectivity index (χ0) is 9.68. The van der Waals surface area contributed by atoms with Crippen molar-refractivity contribution >= 4 is 16.6 Å². The molecule has 0 saturated heterocycles. The maximum Gasteiger partial charge on any atom is 0.222 e. The number of hydrogen-bond acceptors (Lipinski definition) is 2. The molecule has 1 N–H and O–H groups in total. The molecule has 0 spiro atoms. The van der Waals surface area contributed by atoms with Crippen LogP contribution < -0.4 is 4.72 Å². The Hall–Kier alpha value is -1.03. The van der Waals surface area contributed by atoms with E-state index in [0.29, 0.717) is 5.69 Å². The normalized spacial score (nSPS) is 10.3. The Bertz CT molecular complexity index is 322. The Morgan fingerprint density at radius 3 is 2.31 bits per heavy atom. The van der Waals surface area contributed by atoms with Crippen molar-refractivity contribution in [2.24, 2.45) is 0 Å². The van der Waals surface area contributed by atoms with Gasteiger partial charge in [-0.15, -0.1) is 0 Å². The minimum atomic E-state index is -2.54. The van der Waals surface area contributed by atoms with Crippen LogP contribution in [0.25, 0.3) is 0 Å². The summed E-state index contributed by atoms with van der Waals surface area (Å²) >= 11 is 0. The van der Waals surface area contributed by atoms with E-state index >= 15 is 0 Å². The Balaban J connectivity index is 2.69. The first-order valence-electron chi connectivity index (χ1n) is 4.22. The van der Waals surface area contributed by atoms with E-state index in [1.165, 1.54) is 5.56 Å². The van der Waals surface area contributed by atoms with E-state index < -0.39 is 10.9 Å². The molecule has 0 heterocycles. The van der Waals surface area contributed by atoms with Crippen LogP contribution in [0.1, 0.15) is 18.9 Å². The van der Waals surface area contributed by atoms with Crippen LogP contribution in [0.5, 0.6) is 0 Å². The van der Waals surface area contributed by atoms with Gasteiger partial charge in [-0.05, 0) is 24.1 Å². The van der Waals surface area contributed by atoms with Gasteiger partial charge < -0.3 is 0 Å². The predicted octanol–water partition coefficient (Wildman–Crippen LogP) is 1.58. The molecule has 13 heavy (non-hydrogen) atoms. The molecular weight excluding hydrogens is 186 g/mol. The lowest BCUT2D eigenvalue weighted by Crippen LogP contribution is -1.94. The number of hydrogen-bond donors (Lipinski definition) is 2. The second-order valence-corrected chi connectivity index (χ2v) is 3.55. The SMILES string of the molecule is CCCc1ccc(N[SH](=O)=O)cc1. The average molecular weight is 199 g/mol. The van der Waals surface area contributed by atoms with Gasteiger partial charge in [0, 0.05) is 5.69 Å². The summed E-state index contributed by atoms with van der Waals surface area (Å²) in [5.74, 6) is 0. The Kier molecular flexibility index (Phi) is 3.76. The molecule has 0 saturated carbocycles. The number of aryl methyl sites for hydroxylation is 1. The summed E-state index contributed by atoms with van der Waals surface area (Å²) in [5.41, 5.74) is 1.85. The maximum absolute atomic E-state index is 10.3. The Labute approximate surface area is 79.9 Å². The van der Waals surface area contributed by atoms with E-state index in [1.54, 1.807) is 12.1 Å². The molecule has 4 heteroatoms. The van der Waals surface area contributed by atoms with Gasteiger partial charge >= 0.3 is 0 Å². The molecule has 0 unspecified atom stereocenters. The topological polar surface area (TPSA) is 46.2 Å². The van der Waals surface area contributed by atoms with Crippen molar-refractivity contribution in [2.45, 2.75) is 19.8 Å². The number of anilines is 1. The zero-order valence-corrected chi connectivity index (χ0v) is 8.38. The fourth-order valence-electron chi connectivity index (χ4n) is 1.14. The van der Waals surface area contributed by atoms with E-state index in [-0.39, 0.29) is 0 Å². The highest BCUT2D eigenvalue weighted by atomic mass is 32.2. The van der Waals surface area contributed by atoms with Crippen molar-refractivity contribution in [1.82, 2.24) is 0 Å². The van der Waals surface area contributed by atoms with Crippen LogP contribution in [0.3, 0.4) is 0 Å². The van der Waals surface area contributed by atoms with Crippen molar-refractivity contribution in [1.29, 1.82) is 0 Å². The minimum Gasteiger partial charge on any atom is -0.286 e. The summed E-state index contributed by atoms with van der Waals surface area (Å²) in [7, 11) is -2.54. The lowest BCUT2D eigenvalue weighted by Gasteiger charge is -2.00. The molecule has 0 fully saturated rings. The molecule has 0 aromatic heterocycles. The molecule has 1 aromatic rings. The standard InChI is InChI=1S/C9H13NO2S/c1-2-3-8-4-6-9(7-5-8)10-13(11)12/h4-7,13H,2-3H2,1H3,(H,10,11,12). The van der Waals surface area contributed by atoms with Crippen molar-refractivity contribution in [3.8, 4) is 0 Å². The van der Waals surface area contributed by atoms with Crippen LogP contribution in [0.15, 0.2) is 24.3 Å². The number of benzene rings is 1. The molecule has 72 valence electrons. The fourth-order valence-corrected chi connectivity index (χ4v) is 1.50. The van der Waals surface area contributed by atoms with Gasteiger partial charge in [-0.25, -0.2) is 8.42 Å². The van der Waals surface area contributed by atoms with Gasteiger partial charge in [-0.2, -0.15) is 0 Å². The second-order valence-electron chi connectivity index (χ2n) is 2.82. The molecule has 1 rings (SSSR count). The van der Waals surface area contributed by atoms with Crippen LogP contribution >= 0.6 is 0 Å². The molecule has 0 bridgehead atoms. The highest BCUT2D eigenvalue weighted by molar-refractivity contribution is 7.73. The molecule has 0 atom stereocenters. The van der Waals surface area contributed by atoms with Crippen LogP contribution in [0.2, 0.25) is 0 Å². The molecular formula is C9H13NO2S. The van der Waals surface area contributed by atoms with Gasteiger partial charge in [-0.3, -0.25) is 4.72 Å². The third-order valence-electron chi connectivity index (χ3n) is 1.71. The molecule has 0 aliphatic carbocycles. The third kappa shape index (κ3) is 3.46. The minimum absolute atomic E-state index is 0.621. The lowest BCUT2D eigenvalue weighted by atomic mass is 10.1. The summed E-state index contributed by atoms with van der Waals surface area (Å²) in [6, 6.07) is 7.42. The predicted molar refractivity (Wildman–Crippen MR) is 54.4 cm³/mol.